The molecule has 1 rings (SSSR count). The highest BCUT2D eigenvalue weighted by atomic mass is 16.7. The molecular formula is C6H12O6. The Kier molecular flexibility index (Phi) is 2.99. The summed E-state index contributed by atoms with van der Waals surface area (Å²) < 4.78 is 4.58. The maximum Gasteiger partial charge on any atom is 0.184 e. The predicted molar refractivity (Wildman–Crippen MR) is 36.0 cm³/mol. The smallest absolute Gasteiger partial charge is 0.184 e. The van der Waals surface area contributed by atoms with Gasteiger partial charge < -0.3 is 30.3 Å². The van der Waals surface area contributed by atoms with E-state index in [9.17, 15) is 0 Å². The van der Waals surface area contributed by atoms with Crippen LogP contribution in [0.1, 0.15) is 0 Å². The van der Waals surface area contributed by atoms with Gasteiger partial charge in [-0.15, -0.1) is 0 Å². The predicted octanol–water partition coefficient (Wildman–Crippen LogP) is -3.22. The highest BCUT2D eigenvalue weighted by molar-refractivity contribution is 4.87. The molecule has 0 aliphatic carbocycles. The Labute approximate surface area is 68.6 Å². The minimum Gasteiger partial charge on any atom is -0.394 e. The van der Waals surface area contributed by atoms with Crippen molar-refractivity contribution in [3.05, 3.63) is 0 Å². The van der Waals surface area contributed by atoms with Gasteiger partial charge in [-0.05, 0) is 0 Å². The lowest BCUT2D eigenvalue weighted by Gasteiger charge is -2.37. The Morgan fingerprint density at radius 3 is 2.00 bits per heavy atom. The maximum atomic E-state index is 9.12. The maximum absolute atomic E-state index is 9.12. The molecule has 0 aromatic rings. The Bertz CT molecular complexity index is 146. The average Bonchev–Trinajstić information content (AvgIpc) is 2.08. The summed E-state index contributed by atoms with van der Waals surface area (Å²) in [5, 5.41) is 44.7. The summed E-state index contributed by atoms with van der Waals surface area (Å²) in [6, 6.07) is 0. The van der Waals surface area contributed by atoms with Gasteiger partial charge in [0.25, 0.3) is 0 Å². The van der Waals surface area contributed by atoms with Crippen LogP contribution in [0.4, 0.5) is 0 Å². The second-order valence-electron chi connectivity index (χ2n) is 2.72. The number of ether oxygens (including phenoxy) is 1. The summed E-state index contributed by atoms with van der Waals surface area (Å²) in [5.41, 5.74) is 0. The van der Waals surface area contributed by atoms with Gasteiger partial charge in [0, 0.05) is 0 Å². The molecule has 1 heterocycles. The van der Waals surface area contributed by atoms with Crippen molar-refractivity contribution in [3.63, 3.8) is 0 Å². The summed E-state index contributed by atoms with van der Waals surface area (Å²) in [4.78, 5) is 0. The third kappa shape index (κ3) is 1.58. The number of hydrogen-bond acceptors (Lipinski definition) is 6. The highest BCUT2D eigenvalue weighted by Gasteiger charge is 2.42. The first-order valence-corrected chi connectivity index (χ1v) is 3.56. The van der Waals surface area contributed by atoms with E-state index in [1.165, 1.54) is 0 Å². The van der Waals surface area contributed by atoms with Crippen LogP contribution < -0.4 is 0 Å². The van der Waals surface area contributed by atoms with Crippen LogP contribution in [0.5, 0.6) is 0 Å². The van der Waals surface area contributed by atoms with E-state index in [0.29, 0.717) is 0 Å². The fraction of sp³-hybridized carbons (Fsp3) is 1.00. The first-order valence-electron chi connectivity index (χ1n) is 3.56. The molecule has 6 nitrogen and oxygen atoms in total. The quantitative estimate of drug-likeness (QED) is 0.273. The normalized spacial score (nSPS) is 49.2. The van der Waals surface area contributed by atoms with Gasteiger partial charge in [0.15, 0.2) is 6.29 Å². The Hall–Kier alpha value is -0.240. The number of rotatable bonds is 1. The van der Waals surface area contributed by atoms with E-state index in [-0.39, 0.29) is 0 Å². The lowest BCUT2D eigenvalue weighted by molar-refractivity contribution is -0.286. The van der Waals surface area contributed by atoms with Gasteiger partial charge in [0.05, 0.1) is 6.61 Å². The molecule has 12 heavy (non-hydrogen) atoms. The van der Waals surface area contributed by atoms with Gasteiger partial charge in [0.2, 0.25) is 0 Å². The van der Waals surface area contributed by atoms with Crippen molar-refractivity contribution in [2.24, 2.45) is 0 Å². The van der Waals surface area contributed by atoms with Gasteiger partial charge >= 0.3 is 0 Å². The van der Waals surface area contributed by atoms with Gasteiger partial charge in [-0.3, -0.25) is 0 Å². The zero-order chi connectivity index (χ0) is 9.30. The fourth-order valence-corrected chi connectivity index (χ4v) is 1.08. The molecule has 0 aromatic carbocycles. The zero-order valence-electron chi connectivity index (χ0n) is 6.24. The summed E-state index contributed by atoms with van der Waals surface area (Å²) >= 11 is 0. The first-order chi connectivity index (χ1) is 5.57. The van der Waals surface area contributed by atoms with E-state index in [1.54, 1.807) is 0 Å². The van der Waals surface area contributed by atoms with E-state index in [1.807, 2.05) is 0 Å². The van der Waals surface area contributed by atoms with Crippen molar-refractivity contribution in [2.75, 3.05) is 6.61 Å². The Morgan fingerprint density at radius 2 is 1.50 bits per heavy atom. The van der Waals surface area contributed by atoms with Crippen LogP contribution in [0.3, 0.4) is 0 Å². The molecule has 1 fully saturated rings. The molecule has 1 aliphatic heterocycles. The van der Waals surface area contributed by atoms with Crippen LogP contribution in [0.2, 0.25) is 0 Å². The molecule has 0 saturated carbocycles. The highest BCUT2D eigenvalue weighted by Crippen LogP contribution is 2.18. The van der Waals surface area contributed by atoms with Crippen molar-refractivity contribution in [2.45, 2.75) is 30.7 Å². The van der Waals surface area contributed by atoms with Gasteiger partial charge in [-0.25, -0.2) is 0 Å². The molecule has 5 atom stereocenters. The molecule has 5 N–H and O–H groups in total. The largest absolute Gasteiger partial charge is 0.394 e. The Balaban J connectivity index is 2.63. The lowest BCUT2D eigenvalue weighted by atomic mass is 10.1. The summed E-state index contributed by atoms with van der Waals surface area (Å²) in [5.74, 6) is 0. The van der Waals surface area contributed by atoms with Gasteiger partial charge in [-0.2, -0.15) is 0 Å². The standard InChI is InChI=1S/C6H12O6/c7-1-2-3(8)4(9)5(10)6(11)12-2/h2-11H,1H2/t2-,3-,4+,5-,6?/m1/s1/i1+1,2+1. The number of hydrogen-bond donors (Lipinski definition) is 5. The molecule has 0 amide bonds. The Morgan fingerprint density at radius 1 is 0.917 bits per heavy atom. The number of aliphatic hydroxyl groups excluding tert-OH is 5. The average molecular weight is 182 g/mol. The molecule has 1 unspecified atom stereocenters. The van der Waals surface area contributed by atoms with Gasteiger partial charge in [-0.1, -0.05) is 0 Å². The van der Waals surface area contributed by atoms with Gasteiger partial charge in [0.1, 0.15) is 24.4 Å². The van der Waals surface area contributed by atoms with Crippen molar-refractivity contribution in [3.8, 4) is 0 Å². The third-order valence-corrected chi connectivity index (χ3v) is 1.87. The minimum atomic E-state index is -1.57. The van der Waals surface area contributed by atoms with E-state index >= 15 is 0 Å². The van der Waals surface area contributed by atoms with E-state index < -0.39 is 37.3 Å². The molecular weight excluding hydrogens is 170 g/mol. The molecule has 72 valence electrons. The van der Waals surface area contributed by atoms with Crippen LogP contribution in [0.25, 0.3) is 0 Å². The fourth-order valence-electron chi connectivity index (χ4n) is 1.08. The molecule has 0 aromatic heterocycles. The van der Waals surface area contributed by atoms with Crippen molar-refractivity contribution < 1.29 is 30.3 Å². The summed E-state index contributed by atoms with van der Waals surface area (Å²) in [6.07, 6.45) is -7.04. The van der Waals surface area contributed by atoms with Crippen LogP contribution in [-0.4, -0.2) is 62.8 Å². The summed E-state index contributed by atoms with van der Waals surface area (Å²) in [7, 11) is 0. The van der Waals surface area contributed by atoms with Crippen LogP contribution >= 0.6 is 0 Å². The molecule has 0 radical (unpaired) electrons. The van der Waals surface area contributed by atoms with Crippen molar-refractivity contribution in [1.29, 1.82) is 0 Å². The second kappa shape index (κ2) is 3.65. The van der Waals surface area contributed by atoms with E-state index in [0.717, 1.165) is 0 Å². The first kappa shape index (κ1) is 9.85. The van der Waals surface area contributed by atoms with Crippen molar-refractivity contribution >= 4 is 0 Å². The second-order valence-corrected chi connectivity index (χ2v) is 2.72. The molecule has 1 saturated heterocycles. The molecule has 1 aliphatic rings. The summed E-state index contributed by atoms with van der Waals surface area (Å²) in [6.45, 7) is -0.526. The third-order valence-electron chi connectivity index (χ3n) is 1.87. The molecule has 6 heteroatoms. The molecule has 0 spiro atoms. The van der Waals surface area contributed by atoms with Crippen LogP contribution in [-0.2, 0) is 4.74 Å². The number of aliphatic hydroxyl groups is 5. The molecule has 0 bridgehead atoms. The monoisotopic (exact) mass is 182 g/mol. The van der Waals surface area contributed by atoms with Crippen LogP contribution in [0, 0.1) is 0 Å². The SMILES string of the molecule is O[13CH2][13C@H]1OC(O)[C@H](O)[C@@H](O)[C@@H]1O. The van der Waals surface area contributed by atoms with E-state index in [4.69, 9.17) is 25.5 Å². The van der Waals surface area contributed by atoms with Crippen LogP contribution in [0.15, 0.2) is 0 Å². The zero-order valence-corrected chi connectivity index (χ0v) is 6.24. The topological polar surface area (TPSA) is 110 Å². The van der Waals surface area contributed by atoms with Crippen molar-refractivity contribution in [1.82, 2.24) is 0 Å². The lowest BCUT2D eigenvalue weighted by Crippen LogP contribution is -2.58. The minimum absolute atomic E-state index is 0.526. The van der Waals surface area contributed by atoms with E-state index in [2.05, 4.69) is 4.74 Å².